The number of guanidine groups is 1. The fourth-order valence-electron chi connectivity index (χ4n) is 4.10. The molecule has 1 unspecified atom stereocenters. The second kappa shape index (κ2) is 12.9. The summed E-state index contributed by atoms with van der Waals surface area (Å²) in [5.41, 5.74) is 1.32. The molecule has 2 heterocycles. The Hall–Kier alpha value is -0.670. The summed E-state index contributed by atoms with van der Waals surface area (Å²) in [6.45, 7) is 10.0. The van der Waals surface area contributed by atoms with Crippen LogP contribution in [0.4, 0.5) is 5.69 Å². The number of anilines is 1. The van der Waals surface area contributed by atoms with Crippen molar-refractivity contribution >= 4 is 47.4 Å². The van der Waals surface area contributed by atoms with E-state index in [2.05, 4.69) is 71.5 Å². The molecule has 5 nitrogen and oxygen atoms in total. The fraction of sp³-hybridized carbons (Fsp3) is 0.682. The van der Waals surface area contributed by atoms with Crippen molar-refractivity contribution < 1.29 is 4.74 Å². The largest absolute Gasteiger partial charge is 0.381 e. The fourth-order valence-corrected chi connectivity index (χ4v) is 5.33. The molecule has 29 heavy (non-hydrogen) atoms. The van der Waals surface area contributed by atoms with E-state index < -0.39 is 0 Å². The van der Waals surface area contributed by atoms with Crippen LogP contribution in [0, 0.1) is 0 Å². The van der Waals surface area contributed by atoms with Gasteiger partial charge < -0.3 is 20.3 Å². The van der Waals surface area contributed by atoms with Crippen molar-refractivity contribution in [2.24, 2.45) is 4.99 Å². The van der Waals surface area contributed by atoms with Gasteiger partial charge in [-0.2, -0.15) is 11.8 Å². The average Bonchev–Trinajstić information content (AvgIpc) is 2.74. The van der Waals surface area contributed by atoms with Crippen LogP contribution in [0.15, 0.2) is 35.3 Å². The van der Waals surface area contributed by atoms with Crippen molar-refractivity contribution in [3.63, 3.8) is 0 Å². The van der Waals surface area contributed by atoms with Crippen LogP contribution in [0.3, 0.4) is 0 Å². The number of halogens is 1. The lowest BCUT2D eigenvalue weighted by molar-refractivity contribution is 0.0793. The van der Waals surface area contributed by atoms with Crippen LogP contribution in [-0.4, -0.2) is 61.9 Å². The van der Waals surface area contributed by atoms with Gasteiger partial charge in [0, 0.05) is 49.3 Å². The molecule has 7 heteroatoms. The molecule has 0 amide bonds. The van der Waals surface area contributed by atoms with E-state index in [9.17, 15) is 0 Å². The summed E-state index contributed by atoms with van der Waals surface area (Å²) >= 11 is 2.05. The lowest BCUT2D eigenvalue weighted by atomic mass is 9.99. The lowest BCUT2D eigenvalue weighted by Crippen LogP contribution is -2.51. The van der Waals surface area contributed by atoms with Gasteiger partial charge in [0.15, 0.2) is 5.96 Å². The number of nitrogens with zero attached hydrogens (tertiary/aromatic N) is 2. The van der Waals surface area contributed by atoms with Crippen LogP contribution in [-0.2, 0) is 4.74 Å². The maximum Gasteiger partial charge on any atom is 0.191 e. The molecule has 2 fully saturated rings. The quantitative estimate of drug-likeness (QED) is 0.314. The number of piperidine rings is 1. The highest BCUT2D eigenvalue weighted by Crippen LogP contribution is 2.35. The van der Waals surface area contributed by atoms with Crippen molar-refractivity contribution in [1.29, 1.82) is 0 Å². The predicted octanol–water partition coefficient (Wildman–Crippen LogP) is 4.13. The number of benzene rings is 1. The summed E-state index contributed by atoms with van der Waals surface area (Å²) in [6, 6.07) is 11.2. The van der Waals surface area contributed by atoms with Gasteiger partial charge in [-0.05, 0) is 50.5 Å². The van der Waals surface area contributed by atoms with Gasteiger partial charge in [0.2, 0.25) is 0 Å². The Morgan fingerprint density at radius 3 is 2.69 bits per heavy atom. The van der Waals surface area contributed by atoms with Gasteiger partial charge in [0.05, 0.1) is 6.54 Å². The van der Waals surface area contributed by atoms with E-state index in [1.165, 1.54) is 18.5 Å². The van der Waals surface area contributed by atoms with Crippen molar-refractivity contribution in [2.75, 3.05) is 50.0 Å². The SMILES string of the molecule is CCNC(=NCC1(SCC)CCOCC1)NC1CCCN(c2ccccc2)C1.I. The molecule has 0 bridgehead atoms. The molecular formula is C22H37IN4OS. The first-order chi connectivity index (χ1) is 13.7. The van der Waals surface area contributed by atoms with Crippen LogP contribution in [0.5, 0.6) is 0 Å². The van der Waals surface area contributed by atoms with Crippen molar-refractivity contribution in [3.8, 4) is 0 Å². The van der Waals surface area contributed by atoms with E-state index in [4.69, 9.17) is 9.73 Å². The third-order valence-electron chi connectivity index (χ3n) is 5.61. The summed E-state index contributed by atoms with van der Waals surface area (Å²) in [5.74, 6) is 2.10. The van der Waals surface area contributed by atoms with Gasteiger partial charge in [-0.3, -0.25) is 4.99 Å². The maximum atomic E-state index is 5.60. The van der Waals surface area contributed by atoms with Gasteiger partial charge in [0.25, 0.3) is 0 Å². The maximum absolute atomic E-state index is 5.60. The molecule has 0 aromatic heterocycles. The third kappa shape index (κ3) is 7.51. The Labute approximate surface area is 197 Å². The molecule has 0 saturated carbocycles. The summed E-state index contributed by atoms with van der Waals surface area (Å²) in [4.78, 5) is 7.50. The molecule has 2 N–H and O–H groups in total. The van der Waals surface area contributed by atoms with Gasteiger partial charge in [-0.25, -0.2) is 0 Å². The highest BCUT2D eigenvalue weighted by molar-refractivity contribution is 14.0. The molecule has 2 aliphatic heterocycles. The summed E-state index contributed by atoms with van der Waals surface area (Å²) < 4.78 is 5.84. The van der Waals surface area contributed by atoms with Crippen LogP contribution in [0.25, 0.3) is 0 Å². The topological polar surface area (TPSA) is 48.9 Å². The summed E-state index contributed by atoms with van der Waals surface area (Å²) in [6.07, 6.45) is 4.59. The molecule has 2 aliphatic rings. The van der Waals surface area contributed by atoms with Crippen LogP contribution in [0.1, 0.15) is 39.5 Å². The van der Waals surface area contributed by atoms with E-state index in [1.807, 2.05) is 0 Å². The Morgan fingerprint density at radius 2 is 2.00 bits per heavy atom. The number of aliphatic imine (C=N–C) groups is 1. The zero-order valence-electron chi connectivity index (χ0n) is 17.9. The Morgan fingerprint density at radius 1 is 1.24 bits per heavy atom. The average molecular weight is 533 g/mol. The summed E-state index contributed by atoms with van der Waals surface area (Å²) in [7, 11) is 0. The second-order valence-electron chi connectivity index (χ2n) is 7.69. The first-order valence-electron chi connectivity index (χ1n) is 10.8. The zero-order valence-corrected chi connectivity index (χ0v) is 21.0. The summed E-state index contributed by atoms with van der Waals surface area (Å²) in [5, 5.41) is 7.18. The zero-order chi connectivity index (χ0) is 19.7. The molecule has 2 saturated heterocycles. The molecule has 1 atom stereocenters. The molecule has 164 valence electrons. The number of nitrogens with one attached hydrogen (secondary N) is 2. The molecule has 0 spiro atoms. The number of ether oxygens (including phenoxy) is 1. The Balaban J connectivity index is 0.00000300. The van der Waals surface area contributed by atoms with Crippen LogP contribution >= 0.6 is 35.7 Å². The van der Waals surface area contributed by atoms with Gasteiger partial charge in [-0.1, -0.05) is 25.1 Å². The number of hydrogen-bond acceptors (Lipinski definition) is 4. The molecule has 0 aliphatic carbocycles. The van der Waals surface area contributed by atoms with E-state index in [0.717, 1.165) is 63.9 Å². The molecular weight excluding hydrogens is 495 g/mol. The van der Waals surface area contributed by atoms with E-state index in [-0.39, 0.29) is 28.7 Å². The monoisotopic (exact) mass is 532 g/mol. The van der Waals surface area contributed by atoms with Crippen LogP contribution < -0.4 is 15.5 Å². The van der Waals surface area contributed by atoms with Crippen molar-refractivity contribution in [2.45, 2.75) is 50.3 Å². The van der Waals surface area contributed by atoms with Crippen molar-refractivity contribution in [1.82, 2.24) is 10.6 Å². The highest BCUT2D eigenvalue weighted by atomic mass is 127. The molecule has 1 aromatic carbocycles. The number of rotatable bonds is 7. The van der Waals surface area contributed by atoms with Gasteiger partial charge in [-0.15, -0.1) is 24.0 Å². The van der Waals surface area contributed by atoms with Gasteiger partial charge in [0.1, 0.15) is 0 Å². The highest BCUT2D eigenvalue weighted by Gasteiger charge is 2.32. The van der Waals surface area contributed by atoms with E-state index in [0.29, 0.717) is 6.04 Å². The van der Waals surface area contributed by atoms with E-state index in [1.54, 1.807) is 0 Å². The smallest absolute Gasteiger partial charge is 0.191 e. The lowest BCUT2D eigenvalue weighted by Gasteiger charge is -2.37. The molecule has 1 aromatic rings. The van der Waals surface area contributed by atoms with E-state index >= 15 is 0 Å². The minimum Gasteiger partial charge on any atom is -0.381 e. The molecule has 0 radical (unpaired) electrons. The first-order valence-corrected chi connectivity index (χ1v) is 11.8. The minimum atomic E-state index is 0. The minimum absolute atomic E-state index is 0. The number of hydrogen-bond donors (Lipinski definition) is 2. The predicted molar refractivity (Wildman–Crippen MR) is 137 cm³/mol. The van der Waals surface area contributed by atoms with Gasteiger partial charge >= 0.3 is 0 Å². The number of thioether (sulfide) groups is 1. The normalized spacial score (nSPS) is 21.9. The standard InChI is InChI=1S/C22H36N4OS.HI/c1-3-23-21(24-18-22(28-4-2)12-15-27-16-13-22)25-19-9-8-14-26(17-19)20-10-6-5-7-11-20;/h5-7,10-11,19H,3-4,8-9,12-18H2,1-2H3,(H2,23,24,25);1H. The van der Waals surface area contributed by atoms with Crippen LogP contribution in [0.2, 0.25) is 0 Å². The number of para-hydroxylation sites is 1. The second-order valence-corrected chi connectivity index (χ2v) is 9.42. The Bertz CT molecular complexity index is 605. The third-order valence-corrected chi connectivity index (χ3v) is 7.05. The van der Waals surface area contributed by atoms with Crippen molar-refractivity contribution in [3.05, 3.63) is 30.3 Å². The molecule has 3 rings (SSSR count). The Kier molecular flexibility index (Phi) is 10.9. The first kappa shape index (κ1) is 24.6.